The Morgan fingerprint density at radius 2 is 1.46 bits per heavy atom. The molecule has 1 aromatic carbocycles. The molecule has 2 atom stereocenters. The van der Waals surface area contributed by atoms with Crippen LogP contribution in [0.25, 0.3) is 0 Å². The van der Waals surface area contributed by atoms with Gasteiger partial charge in [-0.1, -0.05) is 24.3 Å². The first kappa shape index (κ1) is 18.3. The van der Waals surface area contributed by atoms with Gasteiger partial charge in [0.1, 0.15) is 0 Å². The number of hydrogen-bond donors (Lipinski definition) is 1. The Hall–Kier alpha value is -1.02. The van der Waals surface area contributed by atoms with Gasteiger partial charge >= 0.3 is 0 Å². The predicted octanol–water partition coefficient (Wildman–Crippen LogP) is 0.396. The second-order valence-corrected chi connectivity index (χ2v) is 7.69. The highest BCUT2D eigenvalue weighted by molar-refractivity contribution is 5.23. The molecule has 6 nitrogen and oxygen atoms in total. The van der Waals surface area contributed by atoms with Crippen molar-refractivity contribution in [2.24, 2.45) is 0 Å². The SMILES string of the molecule is O[C@H]1CN(Cc2cccc(CN3CCOCC3)c2)C[C@@H]1N1CCOCC1. The van der Waals surface area contributed by atoms with Crippen LogP contribution in [0, 0.1) is 0 Å². The van der Waals surface area contributed by atoms with E-state index < -0.39 is 0 Å². The summed E-state index contributed by atoms with van der Waals surface area (Å²) in [7, 11) is 0. The summed E-state index contributed by atoms with van der Waals surface area (Å²) in [5.74, 6) is 0. The predicted molar refractivity (Wildman–Crippen MR) is 100 cm³/mol. The monoisotopic (exact) mass is 361 g/mol. The number of nitrogens with zero attached hydrogens (tertiary/aromatic N) is 3. The summed E-state index contributed by atoms with van der Waals surface area (Å²) < 4.78 is 10.9. The zero-order valence-electron chi connectivity index (χ0n) is 15.6. The van der Waals surface area contributed by atoms with E-state index in [1.54, 1.807) is 0 Å². The van der Waals surface area contributed by atoms with Crippen molar-refractivity contribution < 1.29 is 14.6 Å². The van der Waals surface area contributed by atoms with Crippen molar-refractivity contribution in [1.82, 2.24) is 14.7 Å². The number of aliphatic hydroxyl groups excluding tert-OH is 1. The first-order valence-electron chi connectivity index (χ1n) is 9.88. The van der Waals surface area contributed by atoms with Gasteiger partial charge in [-0.15, -0.1) is 0 Å². The number of likely N-dealkylation sites (tertiary alicyclic amines) is 1. The molecule has 3 fully saturated rings. The number of ether oxygens (including phenoxy) is 2. The van der Waals surface area contributed by atoms with Gasteiger partial charge in [0.2, 0.25) is 0 Å². The number of aliphatic hydroxyl groups is 1. The van der Waals surface area contributed by atoms with Crippen LogP contribution in [0.15, 0.2) is 24.3 Å². The minimum atomic E-state index is -0.260. The number of rotatable bonds is 5. The Bertz CT molecular complexity index is 573. The molecule has 3 heterocycles. The number of β-amino-alcohol motifs (C(OH)–C–C–N with tert-alkyl or cyclic N) is 1. The zero-order chi connectivity index (χ0) is 17.8. The molecular weight excluding hydrogens is 330 g/mol. The van der Waals surface area contributed by atoms with Crippen molar-refractivity contribution in [3.63, 3.8) is 0 Å². The maximum atomic E-state index is 10.5. The molecule has 0 spiro atoms. The van der Waals surface area contributed by atoms with E-state index in [2.05, 4.69) is 39.0 Å². The first-order chi connectivity index (χ1) is 12.8. The molecule has 0 radical (unpaired) electrons. The van der Waals surface area contributed by atoms with Crippen molar-refractivity contribution >= 4 is 0 Å². The molecule has 6 heteroatoms. The molecular formula is C20H31N3O3. The zero-order valence-corrected chi connectivity index (χ0v) is 15.6. The fourth-order valence-corrected chi connectivity index (χ4v) is 4.35. The Labute approximate surface area is 156 Å². The number of hydrogen-bond acceptors (Lipinski definition) is 6. The summed E-state index contributed by atoms with van der Waals surface area (Å²) in [5, 5.41) is 10.5. The van der Waals surface area contributed by atoms with E-state index in [0.29, 0.717) is 0 Å². The van der Waals surface area contributed by atoms with Crippen molar-refractivity contribution in [1.29, 1.82) is 0 Å². The quantitative estimate of drug-likeness (QED) is 0.819. The van der Waals surface area contributed by atoms with Crippen molar-refractivity contribution in [3.8, 4) is 0 Å². The summed E-state index contributed by atoms with van der Waals surface area (Å²) >= 11 is 0. The van der Waals surface area contributed by atoms with Gasteiger partial charge in [0.05, 0.1) is 32.5 Å². The largest absolute Gasteiger partial charge is 0.390 e. The highest BCUT2D eigenvalue weighted by atomic mass is 16.5. The second-order valence-electron chi connectivity index (χ2n) is 7.69. The maximum Gasteiger partial charge on any atom is 0.0834 e. The van der Waals surface area contributed by atoms with Gasteiger partial charge in [-0.3, -0.25) is 14.7 Å². The fourth-order valence-electron chi connectivity index (χ4n) is 4.35. The smallest absolute Gasteiger partial charge is 0.0834 e. The highest BCUT2D eigenvalue weighted by Gasteiger charge is 2.35. The molecule has 3 aliphatic heterocycles. The van der Waals surface area contributed by atoms with Crippen molar-refractivity contribution in [2.75, 3.05) is 65.7 Å². The Morgan fingerprint density at radius 1 is 0.846 bits per heavy atom. The summed E-state index contributed by atoms with van der Waals surface area (Å²) in [6.45, 7) is 10.8. The number of benzene rings is 1. The molecule has 1 aromatic rings. The molecule has 0 bridgehead atoms. The molecule has 0 unspecified atom stereocenters. The molecule has 0 aliphatic carbocycles. The van der Waals surface area contributed by atoms with Gasteiger partial charge in [0.25, 0.3) is 0 Å². The van der Waals surface area contributed by atoms with Crippen molar-refractivity contribution in [3.05, 3.63) is 35.4 Å². The summed E-state index contributed by atoms with van der Waals surface area (Å²) in [6.07, 6.45) is -0.260. The van der Waals surface area contributed by atoms with Gasteiger partial charge < -0.3 is 14.6 Å². The molecule has 144 valence electrons. The lowest BCUT2D eigenvalue weighted by molar-refractivity contribution is -0.00618. The van der Waals surface area contributed by atoms with Gasteiger partial charge in [0, 0.05) is 58.4 Å². The molecule has 4 rings (SSSR count). The van der Waals surface area contributed by atoms with E-state index in [1.807, 2.05) is 0 Å². The van der Waals surface area contributed by atoms with Gasteiger partial charge in [-0.2, -0.15) is 0 Å². The lowest BCUT2D eigenvalue weighted by Crippen LogP contribution is -2.48. The Balaban J connectivity index is 1.33. The van der Waals surface area contributed by atoms with E-state index in [-0.39, 0.29) is 12.1 Å². The third-order valence-electron chi connectivity index (χ3n) is 5.76. The topological polar surface area (TPSA) is 48.4 Å². The molecule has 3 aliphatic rings. The Kier molecular flexibility index (Phi) is 6.20. The van der Waals surface area contributed by atoms with Crippen LogP contribution < -0.4 is 0 Å². The van der Waals surface area contributed by atoms with E-state index in [1.165, 1.54) is 11.1 Å². The molecule has 0 aromatic heterocycles. The molecule has 1 N–H and O–H groups in total. The summed E-state index contributed by atoms with van der Waals surface area (Å²) in [4.78, 5) is 7.23. The van der Waals surface area contributed by atoms with Crippen LogP contribution in [0.1, 0.15) is 11.1 Å². The van der Waals surface area contributed by atoms with Crippen LogP contribution in [0.3, 0.4) is 0 Å². The van der Waals surface area contributed by atoms with E-state index in [4.69, 9.17) is 9.47 Å². The van der Waals surface area contributed by atoms with Gasteiger partial charge in [0.15, 0.2) is 0 Å². The van der Waals surface area contributed by atoms with Crippen molar-refractivity contribution in [2.45, 2.75) is 25.2 Å². The third-order valence-corrected chi connectivity index (χ3v) is 5.76. The van der Waals surface area contributed by atoms with E-state index >= 15 is 0 Å². The average Bonchev–Trinajstić information content (AvgIpc) is 3.04. The molecule has 3 saturated heterocycles. The standard InChI is InChI=1S/C20H31N3O3/c24-20-16-22(15-19(20)23-6-10-26-11-7-23)14-18-3-1-2-17(12-18)13-21-4-8-25-9-5-21/h1-3,12,19-20,24H,4-11,13-16H2/t19-,20-/m0/s1. The average molecular weight is 361 g/mol. The van der Waals surface area contributed by atoms with Crippen LogP contribution in [0.4, 0.5) is 0 Å². The molecule has 0 amide bonds. The second kappa shape index (κ2) is 8.78. The summed E-state index contributed by atoms with van der Waals surface area (Å²) in [5.41, 5.74) is 2.71. The van der Waals surface area contributed by atoms with Gasteiger partial charge in [-0.25, -0.2) is 0 Å². The van der Waals surface area contributed by atoms with Crippen LogP contribution in [0.5, 0.6) is 0 Å². The fraction of sp³-hybridized carbons (Fsp3) is 0.700. The van der Waals surface area contributed by atoms with Crippen LogP contribution in [-0.2, 0) is 22.6 Å². The van der Waals surface area contributed by atoms with Gasteiger partial charge in [-0.05, 0) is 11.1 Å². The Morgan fingerprint density at radius 3 is 2.15 bits per heavy atom. The maximum absolute atomic E-state index is 10.5. The normalized spacial score (nSPS) is 29.3. The van der Waals surface area contributed by atoms with E-state index in [0.717, 1.165) is 78.8 Å². The highest BCUT2D eigenvalue weighted by Crippen LogP contribution is 2.20. The number of morpholine rings is 2. The lowest BCUT2D eigenvalue weighted by atomic mass is 10.1. The molecule has 26 heavy (non-hydrogen) atoms. The lowest BCUT2D eigenvalue weighted by Gasteiger charge is -2.33. The minimum absolute atomic E-state index is 0.246. The van der Waals surface area contributed by atoms with Crippen LogP contribution in [-0.4, -0.2) is 97.6 Å². The summed E-state index contributed by atoms with van der Waals surface area (Å²) in [6, 6.07) is 9.16. The van der Waals surface area contributed by atoms with Crippen LogP contribution >= 0.6 is 0 Å². The first-order valence-corrected chi connectivity index (χ1v) is 9.88. The molecule has 0 saturated carbocycles. The minimum Gasteiger partial charge on any atom is -0.390 e. The van der Waals surface area contributed by atoms with Crippen LogP contribution in [0.2, 0.25) is 0 Å². The van der Waals surface area contributed by atoms with E-state index in [9.17, 15) is 5.11 Å². The third kappa shape index (κ3) is 4.63.